The van der Waals surface area contributed by atoms with Gasteiger partial charge in [-0.15, -0.1) is 9.78 Å². The number of carbonyl (C=O) groups is 1. The molecule has 0 N–H and O–H groups in total. The fourth-order valence-corrected chi connectivity index (χ4v) is 1.08. The van der Waals surface area contributed by atoms with E-state index < -0.39 is 11.1 Å². The van der Waals surface area contributed by atoms with Gasteiger partial charge in [-0.05, 0) is 24.9 Å². The Balaban J connectivity index is 3.09. The highest BCUT2D eigenvalue weighted by atomic mass is 35.5. The van der Waals surface area contributed by atoms with Crippen molar-refractivity contribution in [2.24, 2.45) is 0 Å². The van der Waals surface area contributed by atoms with Crippen LogP contribution >= 0.6 is 11.6 Å². The van der Waals surface area contributed by atoms with Gasteiger partial charge in [0.15, 0.2) is 0 Å². The van der Waals surface area contributed by atoms with Crippen LogP contribution in [0.3, 0.4) is 0 Å². The number of hydrogen-bond acceptors (Lipinski definition) is 5. The van der Waals surface area contributed by atoms with Gasteiger partial charge in [0, 0.05) is 0 Å². The Morgan fingerprint density at radius 1 is 1.50 bits per heavy atom. The Morgan fingerprint density at radius 3 is 2.69 bits per heavy atom. The van der Waals surface area contributed by atoms with Crippen LogP contribution in [0.5, 0.6) is 6.01 Å². The Hall–Kier alpha value is -1.50. The van der Waals surface area contributed by atoms with Crippen molar-refractivity contribution in [3.63, 3.8) is 0 Å². The molecule has 0 spiro atoms. The Morgan fingerprint density at radius 2 is 2.19 bits per heavy atom. The summed E-state index contributed by atoms with van der Waals surface area (Å²) in [7, 11) is 0. The van der Waals surface area contributed by atoms with Crippen molar-refractivity contribution in [1.29, 1.82) is 0 Å². The summed E-state index contributed by atoms with van der Waals surface area (Å²) in [4.78, 5) is 27.4. The van der Waals surface area contributed by atoms with Gasteiger partial charge in [-0.3, -0.25) is 4.79 Å². The molecule has 0 saturated carbocycles. The topological polar surface area (TPSA) is 75.4 Å². The van der Waals surface area contributed by atoms with Crippen molar-refractivity contribution in [2.75, 3.05) is 13.2 Å². The largest absolute Gasteiger partial charge is 0.461 e. The molecule has 1 aromatic rings. The summed E-state index contributed by atoms with van der Waals surface area (Å²) in [5.41, 5.74) is -0.784. The SMILES string of the molecule is CCCOc1nn(C(=O)Cl)c(=O)n1OCC. The van der Waals surface area contributed by atoms with Crippen molar-refractivity contribution in [3.8, 4) is 6.01 Å². The maximum Gasteiger partial charge on any atom is 0.390 e. The number of hydrogen-bond donors (Lipinski definition) is 0. The third-order valence-electron chi connectivity index (χ3n) is 1.57. The lowest BCUT2D eigenvalue weighted by molar-refractivity contribution is 0.0844. The molecule has 1 aromatic heterocycles. The van der Waals surface area contributed by atoms with Gasteiger partial charge in [0.2, 0.25) is 0 Å². The van der Waals surface area contributed by atoms with Crippen LogP contribution in [-0.4, -0.2) is 33.1 Å². The highest BCUT2D eigenvalue weighted by Crippen LogP contribution is 2.03. The molecular formula is C8H12ClN3O4. The van der Waals surface area contributed by atoms with Crippen molar-refractivity contribution in [2.45, 2.75) is 20.3 Å². The van der Waals surface area contributed by atoms with Gasteiger partial charge in [-0.25, -0.2) is 4.79 Å². The third kappa shape index (κ3) is 2.54. The summed E-state index contributed by atoms with van der Waals surface area (Å²) >= 11 is 5.17. The predicted octanol–water partition coefficient (Wildman–Crippen LogP) is 0.489. The first kappa shape index (κ1) is 12.6. The fourth-order valence-electron chi connectivity index (χ4n) is 0.972. The van der Waals surface area contributed by atoms with Gasteiger partial charge < -0.3 is 9.57 Å². The minimum absolute atomic E-state index is 0.0808. The van der Waals surface area contributed by atoms with Crippen LogP contribution in [0.4, 0.5) is 4.79 Å². The van der Waals surface area contributed by atoms with Gasteiger partial charge in [-0.2, -0.15) is 0 Å². The van der Waals surface area contributed by atoms with Gasteiger partial charge in [0.1, 0.15) is 6.61 Å². The Labute approximate surface area is 96.5 Å². The van der Waals surface area contributed by atoms with Crippen molar-refractivity contribution < 1.29 is 14.4 Å². The standard InChI is InChI=1S/C8H12ClN3O4/c1-3-5-15-7-10-11(6(9)13)8(14)12(7)16-4-2/h3-5H2,1-2H3. The summed E-state index contributed by atoms with van der Waals surface area (Å²) in [6.45, 7) is 4.19. The predicted molar refractivity (Wildman–Crippen MR) is 56.0 cm³/mol. The van der Waals surface area contributed by atoms with Crippen LogP contribution in [-0.2, 0) is 0 Å². The quantitative estimate of drug-likeness (QED) is 0.710. The summed E-state index contributed by atoms with van der Waals surface area (Å²) in [6, 6.07) is -0.0808. The molecule has 0 saturated heterocycles. The van der Waals surface area contributed by atoms with Gasteiger partial charge in [-0.1, -0.05) is 11.7 Å². The highest BCUT2D eigenvalue weighted by Gasteiger charge is 2.18. The second-order valence-electron chi connectivity index (χ2n) is 2.79. The third-order valence-corrected chi connectivity index (χ3v) is 1.73. The zero-order valence-corrected chi connectivity index (χ0v) is 9.73. The lowest BCUT2D eigenvalue weighted by Crippen LogP contribution is -2.31. The summed E-state index contributed by atoms with van der Waals surface area (Å²) in [6.07, 6.45) is 0.738. The average Bonchev–Trinajstić information content (AvgIpc) is 2.55. The van der Waals surface area contributed by atoms with E-state index in [2.05, 4.69) is 5.10 Å². The number of aromatic nitrogens is 3. The molecule has 8 heteroatoms. The molecule has 0 aliphatic heterocycles. The minimum Gasteiger partial charge on any atom is -0.461 e. The first-order valence-electron chi connectivity index (χ1n) is 4.79. The Kier molecular flexibility index (Phi) is 4.36. The van der Waals surface area contributed by atoms with E-state index in [-0.39, 0.29) is 12.6 Å². The number of ether oxygens (including phenoxy) is 1. The number of halogens is 1. The molecule has 1 rings (SSSR count). The lowest BCUT2D eigenvalue weighted by Gasteiger charge is -2.04. The average molecular weight is 250 g/mol. The number of nitrogens with zero attached hydrogens (tertiary/aromatic N) is 3. The van der Waals surface area contributed by atoms with Crippen LogP contribution in [0.1, 0.15) is 20.3 Å². The molecule has 0 atom stereocenters. The maximum absolute atomic E-state index is 11.5. The van der Waals surface area contributed by atoms with Crippen molar-refractivity contribution >= 4 is 17.0 Å². The van der Waals surface area contributed by atoms with Gasteiger partial charge in [0.05, 0.1) is 6.61 Å². The molecule has 0 aliphatic carbocycles. The summed E-state index contributed by atoms with van der Waals surface area (Å²) in [5.74, 6) is 0. The van der Waals surface area contributed by atoms with E-state index in [0.29, 0.717) is 11.3 Å². The monoisotopic (exact) mass is 249 g/mol. The lowest BCUT2D eigenvalue weighted by atomic mass is 10.5. The molecule has 0 amide bonds. The van der Waals surface area contributed by atoms with E-state index in [1.165, 1.54) is 0 Å². The van der Waals surface area contributed by atoms with E-state index >= 15 is 0 Å². The smallest absolute Gasteiger partial charge is 0.390 e. The minimum atomic E-state index is -1.01. The maximum atomic E-state index is 11.5. The highest BCUT2D eigenvalue weighted by molar-refractivity contribution is 6.63. The summed E-state index contributed by atoms with van der Waals surface area (Å²) in [5, 5.41) is 2.59. The van der Waals surface area contributed by atoms with Crippen molar-refractivity contribution in [3.05, 3.63) is 10.5 Å². The van der Waals surface area contributed by atoms with E-state index in [0.717, 1.165) is 11.2 Å². The number of rotatable bonds is 5. The first-order chi connectivity index (χ1) is 7.61. The molecule has 0 unspecified atom stereocenters. The second kappa shape index (κ2) is 5.55. The molecule has 16 heavy (non-hydrogen) atoms. The van der Waals surface area contributed by atoms with Gasteiger partial charge >= 0.3 is 17.1 Å². The zero-order chi connectivity index (χ0) is 12.1. The van der Waals surface area contributed by atoms with E-state index in [4.69, 9.17) is 21.2 Å². The molecule has 7 nitrogen and oxygen atoms in total. The fraction of sp³-hybridized carbons (Fsp3) is 0.625. The molecule has 0 bridgehead atoms. The molecule has 90 valence electrons. The summed E-state index contributed by atoms with van der Waals surface area (Å²) < 4.78 is 6.42. The van der Waals surface area contributed by atoms with E-state index in [1.807, 2.05) is 6.92 Å². The molecule has 1 heterocycles. The van der Waals surface area contributed by atoms with Crippen LogP contribution < -0.4 is 15.3 Å². The Bertz CT molecular complexity index is 425. The van der Waals surface area contributed by atoms with Crippen LogP contribution in [0, 0.1) is 0 Å². The molecule has 0 fully saturated rings. The molecule has 0 aliphatic rings. The van der Waals surface area contributed by atoms with Crippen LogP contribution in [0.25, 0.3) is 0 Å². The molecule has 0 aromatic carbocycles. The first-order valence-corrected chi connectivity index (χ1v) is 5.17. The normalized spacial score (nSPS) is 10.2. The molecular weight excluding hydrogens is 238 g/mol. The zero-order valence-electron chi connectivity index (χ0n) is 8.97. The van der Waals surface area contributed by atoms with Crippen LogP contribution in [0.15, 0.2) is 4.79 Å². The number of carbonyl (C=O) groups excluding carboxylic acids is 1. The van der Waals surface area contributed by atoms with Gasteiger partial charge in [0.25, 0.3) is 0 Å². The van der Waals surface area contributed by atoms with Crippen LogP contribution in [0.2, 0.25) is 0 Å². The molecule has 0 radical (unpaired) electrons. The second-order valence-corrected chi connectivity index (χ2v) is 3.11. The van der Waals surface area contributed by atoms with E-state index in [1.54, 1.807) is 6.92 Å². The van der Waals surface area contributed by atoms with E-state index in [9.17, 15) is 9.59 Å². The van der Waals surface area contributed by atoms with Crippen molar-refractivity contribution in [1.82, 2.24) is 14.5 Å².